The van der Waals surface area contributed by atoms with E-state index in [2.05, 4.69) is 5.32 Å². The lowest BCUT2D eigenvalue weighted by Crippen LogP contribution is -2.50. The van der Waals surface area contributed by atoms with Crippen LogP contribution >= 0.6 is 0 Å². The van der Waals surface area contributed by atoms with Crippen LogP contribution in [-0.2, 0) is 4.79 Å². The molecule has 4 atom stereocenters. The topological polar surface area (TPSA) is 106 Å². The molecule has 172 valence electrons. The molecule has 4 rings (SSSR count). The highest BCUT2D eigenvalue weighted by Gasteiger charge is 2.47. The highest BCUT2D eigenvalue weighted by Crippen LogP contribution is 2.50. The molecule has 2 aromatic carbocycles. The van der Waals surface area contributed by atoms with Gasteiger partial charge in [-0.15, -0.1) is 0 Å². The fourth-order valence-electron chi connectivity index (χ4n) is 5.05. The van der Waals surface area contributed by atoms with Gasteiger partial charge in [-0.25, -0.2) is 0 Å². The van der Waals surface area contributed by atoms with Crippen LogP contribution in [0.1, 0.15) is 42.5 Å². The number of carbonyl (C=O) groups is 1. The number of carbonyl (C=O) groups excluding carboxylic acids is 1. The maximum absolute atomic E-state index is 13.5. The molecule has 0 aromatic heterocycles. The van der Waals surface area contributed by atoms with Crippen LogP contribution in [0.5, 0.6) is 34.5 Å². The maximum Gasteiger partial charge on any atom is 0.200 e. The number of aromatic hydroxyl groups is 2. The van der Waals surface area contributed by atoms with Crippen LogP contribution in [0.15, 0.2) is 24.3 Å². The van der Waals surface area contributed by atoms with Gasteiger partial charge < -0.3 is 34.5 Å². The molecule has 0 amide bonds. The van der Waals surface area contributed by atoms with Crippen molar-refractivity contribution in [1.29, 1.82) is 0 Å². The molecule has 0 radical (unpaired) electrons. The number of fused-ring (bicyclic) bond motifs is 2. The molecular weight excluding hydrogens is 414 g/mol. The second-order valence-corrected chi connectivity index (χ2v) is 8.22. The summed E-state index contributed by atoms with van der Waals surface area (Å²) in [6, 6.07) is 6.38. The van der Waals surface area contributed by atoms with Gasteiger partial charge in [0.15, 0.2) is 23.0 Å². The first-order chi connectivity index (χ1) is 15.4. The van der Waals surface area contributed by atoms with Gasteiger partial charge in [0.2, 0.25) is 11.5 Å². The number of methoxy groups -OCH3 is 4. The molecule has 0 unspecified atom stereocenters. The average Bonchev–Trinajstić information content (AvgIpc) is 2.80. The largest absolute Gasteiger partial charge is 0.502 e. The van der Waals surface area contributed by atoms with Crippen LogP contribution in [0.2, 0.25) is 0 Å². The van der Waals surface area contributed by atoms with Crippen molar-refractivity contribution in [2.45, 2.75) is 31.3 Å². The molecule has 2 bridgehead atoms. The van der Waals surface area contributed by atoms with E-state index in [-0.39, 0.29) is 64.2 Å². The van der Waals surface area contributed by atoms with Crippen molar-refractivity contribution in [3.05, 3.63) is 35.4 Å². The quantitative estimate of drug-likeness (QED) is 0.623. The van der Waals surface area contributed by atoms with E-state index < -0.39 is 0 Å². The van der Waals surface area contributed by atoms with Gasteiger partial charge in [-0.05, 0) is 48.2 Å². The molecule has 2 aliphatic rings. The second-order valence-electron chi connectivity index (χ2n) is 8.22. The van der Waals surface area contributed by atoms with E-state index in [0.29, 0.717) is 0 Å². The molecule has 0 spiro atoms. The third kappa shape index (κ3) is 3.58. The van der Waals surface area contributed by atoms with Crippen LogP contribution in [0, 0.1) is 11.8 Å². The van der Waals surface area contributed by atoms with Crippen molar-refractivity contribution in [2.24, 2.45) is 11.8 Å². The zero-order valence-electron chi connectivity index (χ0n) is 18.7. The number of hydrogen-bond acceptors (Lipinski definition) is 8. The van der Waals surface area contributed by atoms with E-state index in [4.69, 9.17) is 18.9 Å². The number of piperidine rings is 1. The first-order valence-corrected chi connectivity index (χ1v) is 10.6. The first-order valence-electron chi connectivity index (χ1n) is 10.6. The number of Topliss-reactive ketones (excluding diaryl/α,β-unsaturated/α-hetero) is 1. The fourth-order valence-corrected chi connectivity index (χ4v) is 5.05. The Morgan fingerprint density at radius 1 is 0.719 bits per heavy atom. The van der Waals surface area contributed by atoms with Crippen LogP contribution in [0.25, 0.3) is 0 Å². The van der Waals surface area contributed by atoms with E-state index >= 15 is 0 Å². The van der Waals surface area contributed by atoms with Crippen molar-refractivity contribution in [1.82, 2.24) is 5.32 Å². The predicted molar refractivity (Wildman–Crippen MR) is 117 cm³/mol. The number of rotatable bonds is 6. The van der Waals surface area contributed by atoms with E-state index in [1.54, 1.807) is 24.3 Å². The Balaban J connectivity index is 1.80. The molecule has 1 heterocycles. The van der Waals surface area contributed by atoms with Crippen LogP contribution in [0.3, 0.4) is 0 Å². The summed E-state index contributed by atoms with van der Waals surface area (Å²) in [4.78, 5) is 13.5. The minimum absolute atomic E-state index is 0.0769. The number of phenolic OH excluding ortho intramolecular Hbond substituents is 2. The summed E-state index contributed by atoms with van der Waals surface area (Å²) < 4.78 is 21.3. The number of nitrogens with one attached hydrogen (secondary N) is 1. The molecule has 8 nitrogen and oxygen atoms in total. The van der Waals surface area contributed by atoms with Gasteiger partial charge in [-0.1, -0.05) is 6.42 Å². The Hall–Kier alpha value is -3.13. The molecule has 2 aromatic rings. The smallest absolute Gasteiger partial charge is 0.200 e. The molecule has 8 heteroatoms. The molecule has 1 saturated carbocycles. The van der Waals surface area contributed by atoms with Gasteiger partial charge in [0.25, 0.3) is 0 Å². The van der Waals surface area contributed by atoms with Crippen molar-refractivity contribution < 1.29 is 34.0 Å². The number of ether oxygens (including phenoxy) is 4. The summed E-state index contributed by atoms with van der Waals surface area (Å²) >= 11 is 0. The minimum atomic E-state index is -0.293. The van der Waals surface area contributed by atoms with Crippen molar-refractivity contribution in [2.75, 3.05) is 28.4 Å². The molecule has 1 aliphatic heterocycles. The van der Waals surface area contributed by atoms with Gasteiger partial charge in [-0.3, -0.25) is 4.79 Å². The van der Waals surface area contributed by atoms with E-state index in [1.807, 2.05) is 0 Å². The van der Waals surface area contributed by atoms with Crippen LogP contribution < -0.4 is 24.3 Å². The van der Waals surface area contributed by atoms with Gasteiger partial charge in [0.1, 0.15) is 5.78 Å². The van der Waals surface area contributed by atoms with Crippen molar-refractivity contribution >= 4 is 5.78 Å². The van der Waals surface area contributed by atoms with E-state index in [9.17, 15) is 15.0 Å². The third-order valence-corrected chi connectivity index (χ3v) is 6.65. The SMILES string of the molecule is COc1cc([C@H]2N[C@@H](c3cc(OC)c(O)c(OC)c3)[C@H]3CCC[C@@H]2C3=O)cc(OC)c1O. The number of phenols is 2. The Kier molecular flexibility index (Phi) is 6.06. The van der Waals surface area contributed by atoms with Gasteiger partial charge in [-0.2, -0.15) is 0 Å². The lowest BCUT2D eigenvalue weighted by molar-refractivity contribution is -0.135. The Morgan fingerprint density at radius 2 is 1.06 bits per heavy atom. The second kappa shape index (κ2) is 8.78. The average molecular weight is 443 g/mol. The monoisotopic (exact) mass is 443 g/mol. The molecule has 1 aliphatic carbocycles. The molecule has 2 fully saturated rings. The summed E-state index contributed by atoms with van der Waals surface area (Å²) in [5.74, 6) is 0.829. The van der Waals surface area contributed by atoms with Crippen LogP contribution in [-0.4, -0.2) is 44.4 Å². The zero-order chi connectivity index (χ0) is 23.0. The van der Waals surface area contributed by atoms with Crippen molar-refractivity contribution in [3.63, 3.8) is 0 Å². The van der Waals surface area contributed by atoms with Crippen molar-refractivity contribution in [3.8, 4) is 34.5 Å². The lowest BCUT2D eigenvalue weighted by Gasteiger charge is -2.45. The lowest BCUT2D eigenvalue weighted by atomic mass is 9.67. The summed E-state index contributed by atoms with van der Waals surface area (Å²) in [5.41, 5.74) is 1.61. The molecular formula is C24H29NO7. The maximum atomic E-state index is 13.5. The highest BCUT2D eigenvalue weighted by molar-refractivity contribution is 5.87. The van der Waals surface area contributed by atoms with Gasteiger partial charge in [0.05, 0.1) is 28.4 Å². The van der Waals surface area contributed by atoms with Gasteiger partial charge >= 0.3 is 0 Å². The summed E-state index contributed by atoms with van der Waals surface area (Å²) in [7, 11) is 5.91. The predicted octanol–water partition coefficient (Wildman–Crippen LogP) is 3.50. The highest BCUT2D eigenvalue weighted by atomic mass is 16.5. The van der Waals surface area contributed by atoms with E-state index in [1.165, 1.54) is 28.4 Å². The zero-order valence-corrected chi connectivity index (χ0v) is 18.7. The summed E-state index contributed by atoms with van der Waals surface area (Å²) in [5, 5.41) is 24.3. The first kappa shape index (κ1) is 22.1. The van der Waals surface area contributed by atoms with E-state index in [0.717, 1.165) is 30.4 Å². The summed E-state index contributed by atoms with van der Waals surface area (Å²) in [6.07, 6.45) is 2.51. The Labute approximate surface area is 187 Å². The molecule has 1 saturated heterocycles. The fraction of sp³-hybridized carbons (Fsp3) is 0.458. The Morgan fingerprint density at radius 3 is 1.38 bits per heavy atom. The number of benzene rings is 2. The number of hydrogen-bond donors (Lipinski definition) is 3. The molecule has 3 N–H and O–H groups in total. The third-order valence-electron chi connectivity index (χ3n) is 6.65. The minimum Gasteiger partial charge on any atom is -0.502 e. The van der Waals surface area contributed by atoms with Crippen LogP contribution in [0.4, 0.5) is 0 Å². The van der Waals surface area contributed by atoms with Gasteiger partial charge in [0, 0.05) is 23.9 Å². The molecule has 32 heavy (non-hydrogen) atoms. The summed E-state index contributed by atoms with van der Waals surface area (Å²) in [6.45, 7) is 0. The standard InChI is InChI=1S/C24H29NO7/c1-29-16-8-12(9-17(30-2)23(16)27)20-14-6-5-7-15(22(14)26)21(25-20)13-10-18(31-3)24(28)19(11-13)32-4/h8-11,14-15,20-21,25,27-28H,5-7H2,1-4H3/t14-,15+,20+,21-. The Bertz CT molecular complexity index is 894. The number of ketones is 1. The normalized spacial score (nSPS) is 24.7.